The first-order chi connectivity index (χ1) is 10.2. The van der Waals surface area contributed by atoms with E-state index in [0.717, 1.165) is 45.8 Å². The normalized spacial score (nSPS) is 23.2. The summed E-state index contributed by atoms with van der Waals surface area (Å²) in [5.74, 6) is -1.01. The number of nitrogens with zero attached hydrogens (tertiary/aromatic N) is 2. The van der Waals surface area contributed by atoms with Crippen molar-refractivity contribution in [2.75, 3.05) is 59.2 Å². The van der Waals surface area contributed by atoms with E-state index in [1.807, 2.05) is 0 Å². The molecule has 2 rings (SSSR count). The van der Waals surface area contributed by atoms with E-state index in [-0.39, 0.29) is 19.2 Å². The fourth-order valence-corrected chi connectivity index (χ4v) is 2.67. The molecule has 2 N–H and O–H groups in total. The second kappa shape index (κ2) is 8.16. The number of likely N-dealkylation sites (tertiary alicyclic amines) is 1. The highest BCUT2D eigenvalue weighted by molar-refractivity contribution is 5.74. The number of aliphatic carboxylic acids is 1. The second-order valence-corrected chi connectivity index (χ2v) is 5.22. The Kier molecular flexibility index (Phi) is 6.21. The highest BCUT2D eigenvalue weighted by Crippen LogP contribution is 2.16. The number of hydrogen-bond acceptors (Lipinski definition) is 5. The lowest BCUT2D eigenvalue weighted by molar-refractivity contribution is -0.142. The number of carboxylic acids is 1. The van der Waals surface area contributed by atoms with E-state index in [9.17, 15) is 9.59 Å². The number of ether oxygens (including phenoxy) is 2. The molecule has 8 nitrogen and oxygen atoms in total. The molecule has 1 atom stereocenters. The first-order valence-corrected chi connectivity index (χ1v) is 7.31. The van der Waals surface area contributed by atoms with E-state index in [2.05, 4.69) is 10.2 Å². The fraction of sp³-hybridized carbons (Fsp3) is 0.846. The molecule has 0 aliphatic carbocycles. The Hall–Kier alpha value is -1.38. The fourth-order valence-electron chi connectivity index (χ4n) is 2.67. The van der Waals surface area contributed by atoms with Crippen molar-refractivity contribution < 1.29 is 24.2 Å². The standard InChI is InChI=1S/C13H23N3O5/c17-12(18)10-21-6-2-14-13(19)16-3-1-11(9-16)15-4-7-20-8-5-15/h11H,1-10H2,(H,14,19)(H,17,18). The summed E-state index contributed by atoms with van der Waals surface area (Å²) >= 11 is 0. The number of urea groups is 1. The van der Waals surface area contributed by atoms with Crippen molar-refractivity contribution in [2.45, 2.75) is 12.5 Å². The van der Waals surface area contributed by atoms with E-state index in [1.54, 1.807) is 4.90 Å². The lowest BCUT2D eigenvalue weighted by Gasteiger charge is -2.32. The number of rotatable bonds is 6. The van der Waals surface area contributed by atoms with Gasteiger partial charge in [-0.1, -0.05) is 0 Å². The van der Waals surface area contributed by atoms with Crippen molar-refractivity contribution in [1.82, 2.24) is 15.1 Å². The summed E-state index contributed by atoms with van der Waals surface area (Å²) in [6, 6.07) is 0.313. The SMILES string of the molecule is O=C(O)COCCNC(=O)N1CCC(N2CCOCC2)C1. The van der Waals surface area contributed by atoms with Crippen LogP contribution < -0.4 is 5.32 Å². The van der Waals surface area contributed by atoms with Gasteiger partial charge in [0, 0.05) is 38.8 Å². The van der Waals surface area contributed by atoms with Crippen LogP contribution in [-0.2, 0) is 14.3 Å². The van der Waals surface area contributed by atoms with Gasteiger partial charge in [0.25, 0.3) is 0 Å². The van der Waals surface area contributed by atoms with Crippen molar-refractivity contribution in [3.8, 4) is 0 Å². The molecule has 0 saturated carbocycles. The number of carbonyl (C=O) groups excluding carboxylic acids is 1. The monoisotopic (exact) mass is 301 g/mol. The van der Waals surface area contributed by atoms with Crippen molar-refractivity contribution in [2.24, 2.45) is 0 Å². The van der Waals surface area contributed by atoms with Crippen molar-refractivity contribution in [3.63, 3.8) is 0 Å². The number of carboxylic acid groups (broad SMARTS) is 1. The van der Waals surface area contributed by atoms with Crippen molar-refractivity contribution in [1.29, 1.82) is 0 Å². The first kappa shape index (κ1) is 16.0. The van der Waals surface area contributed by atoms with Crippen molar-refractivity contribution in [3.05, 3.63) is 0 Å². The minimum Gasteiger partial charge on any atom is -0.480 e. The molecule has 2 saturated heterocycles. The lowest BCUT2D eigenvalue weighted by Crippen LogP contribution is -2.46. The van der Waals surface area contributed by atoms with E-state index < -0.39 is 5.97 Å². The van der Waals surface area contributed by atoms with E-state index in [1.165, 1.54) is 0 Å². The van der Waals surface area contributed by atoms with Gasteiger partial charge in [0.15, 0.2) is 0 Å². The number of nitrogens with one attached hydrogen (secondary N) is 1. The van der Waals surface area contributed by atoms with E-state index in [4.69, 9.17) is 14.6 Å². The molecule has 2 fully saturated rings. The topological polar surface area (TPSA) is 91.3 Å². The van der Waals surface area contributed by atoms with Crippen LogP contribution in [0.25, 0.3) is 0 Å². The lowest BCUT2D eigenvalue weighted by atomic mass is 10.2. The van der Waals surface area contributed by atoms with Crippen LogP contribution in [0.15, 0.2) is 0 Å². The van der Waals surface area contributed by atoms with Crippen LogP contribution in [0.1, 0.15) is 6.42 Å². The molecule has 1 unspecified atom stereocenters. The molecule has 0 spiro atoms. The Morgan fingerprint density at radius 1 is 1.29 bits per heavy atom. The van der Waals surface area contributed by atoms with Gasteiger partial charge in [0.1, 0.15) is 6.61 Å². The number of carbonyl (C=O) groups is 2. The van der Waals surface area contributed by atoms with Crippen LogP contribution in [0.5, 0.6) is 0 Å². The summed E-state index contributed by atoms with van der Waals surface area (Å²) in [7, 11) is 0. The van der Waals surface area contributed by atoms with E-state index in [0.29, 0.717) is 12.6 Å². The summed E-state index contributed by atoms with van der Waals surface area (Å²) in [5, 5.41) is 11.2. The molecular formula is C13H23N3O5. The Bertz CT molecular complexity index is 360. The van der Waals surface area contributed by atoms with Crippen LogP contribution in [0.2, 0.25) is 0 Å². The average molecular weight is 301 g/mol. The molecule has 0 aromatic rings. The van der Waals surface area contributed by atoms with Gasteiger partial charge in [-0.05, 0) is 6.42 Å². The summed E-state index contributed by atoms with van der Waals surface area (Å²) in [5.41, 5.74) is 0. The molecule has 0 aromatic carbocycles. The van der Waals surface area contributed by atoms with Crippen LogP contribution in [0, 0.1) is 0 Å². The summed E-state index contributed by atoms with van der Waals surface area (Å²) in [4.78, 5) is 26.4. The Balaban J connectivity index is 1.61. The van der Waals surface area contributed by atoms with Crippen molar-refractivity contribution >= 4 is 12.0 Å². The van der Waals surface area contributed by atoms with Gasteiger partial charge in [-0.25, -0.2) is 9.59 Å². The average Bonchev–Trinajstić information content (AvgIpc) is 2.97. The first-order valence-electron chi connectivity index (χ1n) is 7.31. The van der Waals surface area contributed by atoms with E-state index >= 15 is 0 Å². The van der Waals surface area contributed by atoms with Crippen LogP contribution >= 0.6 is 0 Å². The van der Waals surface area contributed by atoms with Crippen LogP contribution in [0.4, 0.5) is 4.79 Å². The molecule has 0 radical (unpaired) electrons. The predicted molar refractivity (Wildman–Crippen MR) is 74.2 cm³/mol. The zero-order chi connectivity index (χ0) is 15.1. The molecule has 120 valence electrons. The molecule has 21 heavy (non-hydrogen) atoms. The van der Waals surface area contributed by atoms with Gasteiger partial charge < -0.3 is 24.8 Å². The Morgan fingerprint density at radius 2 is 2.05 bits per heavy atom. The Labute approximate surface area is 124 Å². The summed E-state index contributed by atoms with van der Waals surface area (Å²) < 4.78 is 10.2. The quantitative estimate of drug-likeness (QED) is 0.624. The number of amides is 2. The molecular weight excluding hydrogens is 278 g/mol. The van der Waals surface area contributed by atoms with Gasteiger partial charge in [-0.2, -0.15) is 0 Å². The molecule has 2 amide bonds. The van der Waals surface area contributed by atoms with Gasteiger partial charge in [0.2, 0.25) is 0 Å². The predicted octanol–water partition coefficient (Wildman–Crippen LogP) is -0.796. The van der Waals surface area contributed by atoms with Crippen LogP contribution in [0.3, 0.4) is 0 Å². The molecule has 0 aromatic heterocycles. The summed E-state index contributed by atoms with van der Waals surface area (Å²) in [6.07, 6.45) is 0.989. The zero-order valence-electron chi connectivity index (χ0n) is 12.1. The van der Waals surface area contributed by atoms with Gasteiger partial charge in [-0.3, -0.25) is 4.90 Å². The maximum absolute atomic E-state index is 12.0. The largest absolute Gasteiger partial charge is 0.480 e. The molecule has 8 heteroatoms. The number of morpholine rings is 1. The van der Waals surface area contributed by atoms with Gasteiger partial charge in [0.05, 0.1) is 19.8 Å². The minimum absolute atomic E-state index is 0.107. The highest BCUT2D eigenvalue weighted by atomic mass is 16.5. The second-order valence-electron chi connectivity index (χ2n) is 5.22. The third-order valence-electron chi connectivity index (χ3n) is 3.76. The smallest absolute Gasteiger partial charge is 0.329 e. The molecule has 2 aliphatic heterocycles. The third kappa shape index (κ3) is 5.14. The molecule has 0 bridgehead atoms. The Morgan fingerprint density at radius 3 is 2.76 bits per heavy atom. The number of hydrogen-bond donors (Lipinski definition) is 2. The molecule has 2 heterocycles. The highest BCUT2D eigenvalue weighted by Gasteiger charge is 2.30. The minimum atomic E-state index is -1.01. The van der Waals surface area contributed by atoms with Gasteiger partial charge in [-0.15, -0.1) is 0 Å². The maximum Gasteiger partial charge on any atom is 0.329 e. The summed E-state index contributed by atoms with van der Waals surface area (Å²) in [6.45, 7) is 5.09. The maximum atomic E-state index is 12.0. The van der Waals surface area contributed by atoms with Gasteiger partial charge >= 0.3 is 12.0 Å². The van der Waals surface area contributed by atoms with Crippen LogP contribution in [-0.4, -0.2) is 92.1 Å². The third-order valence-corrected chi connectivity index (χ3v) is 3.76. The molecule has 2 aliphatic rings. The zero-order valence-corrected chi connectivity index (χ0v) is 12.1.